The van der Waals surface area contributed by atoms with Gasteiger partial charge in [0, 0.05) is 18.9 Å². The first kappa shape index (κ1) is 15.1. The van der Waals surface area contributed by atoms with Gasteiger partial charge in [-0.3, -0.25) is 0 Å². The molecular weight excluding hydrogens is 324 g/mol. The van der Waals surface area contributed by atoms with Crippen LogP contribution in [0.25, 0.3) is 0 Å². The lowest BCUT2D eigenvalue weighted by Gasteiger charge is -2.36. The highest BCUT2D eigenvalue weighted by molar-refractivity contribution is 9.10. The first-order chi connectivity index (χ1) is 9.32. The van der Waals surface area contributed by atoms with Crippen molar-refractivity contribution in [1.82, 2.24) is 10.3 Å². The second-order valence-electron chi connectivity index (χ2n) is 5.87. The van der Waals surface area contributed by atoms with E-state index in [-0.39, 0.29) is 18.2 Å². The lowest BCUT2D eigenvalue weighted by molar-refractivity contribution is 0.0362. The molecule has 5 nitrogen and oxygen atoms in total. The normalized spacial score (nSPS) is 21.8. The molecule has 0 aliphatic heterocycles. The summed E-state index contributed by atoms with van der Waals surface area (Å²) in [7, 11) is 0. The summed E-state index contributed by atoms with van der Waals surface area (Å²) in [6.07, 6.45) is 3.01. The average Bonchev–Trinajstić information content (AvgIpc) is 2.26. The van der Waals surface area contributed by atoms with Crippen molar-refractivity contribution in [2.75, 3.05) is 0 Å². The van der Waals surface area contributed by atoms with Crippen LogP contribution < -0.4 is 10.1 Å². The molecule has 0 aromatic carbocycles. The van der Waals surface area contributed by atoms with Crippen LogP contribution in [-0.4, -0.2) is 28.8 Å². The van der Waals surface area contributed by atoms with Crippen molar-refractivity contribution in [1.29, 1.82) is 0 Å². The number of carbonyl (C=O) groups is 1. The molecule has 1 N–H and O–H groups in total. The van der Waals surface area contributed by atoms with Crippen molar-refractivity contribution in [2.45, 2.75) is 51.4 Å². The quantitative estimate of drug-likeness (QED) is 0.856. The molecule has 2 rings (SSSR count). The number of hydrogen-bond acceptors (Lipinski definition) is 4. The number of ether oxygens (including phenoxy) is 2. The van der Waals surface area contributed by atoms with Crippen LogP contribution in [0.2, 0.25) is 0 Å². The van der Waals surface area contributed by atoms with E-state index in [1.807, 2.05) is 32.9 Å². The average molecular weight is 343 g/mol. The van der Waals surface area contributed by atoms with Crippen molar-refractivity contribution < 1.29 is 14.3 Å². The Hall–Kier alpha value is -1.30. The Morgan fingerprint density at radius 2 is 2.10 bits per heavy atom. The first-order valence-corrected chi connectivity index (χ1v) is 7.39. The molecule has 1 heterocycles. The zero-order chi connectivity index (χ0) is 14.8. The number of alkyl carbamates (subject to hydrolysis) is 1. The zero-order valence-electron chi connectivity index (χ0n) is 11.9. The Balaban J connectivity index is 1.70. The van der Waals surface area contributed by atoms with Crippen LogP contribution >= 0.6 is 15.9 Å². The van der Waals surface area contributed by atoms with Gasteiger partial charge in [0.1, 0.15) is 22.1 Å². The minimum atomic E-state index is -0.465. The van der Waals surface area contributed by atoms with Crippen LogP contribution in [0, 0.1) is 0 Å². The van der Waals surface area contributed by atoms with E-state index in [9.17, 15) is 4.79 Å². The number of nitrogens with one attached hydrogen (secondary N) is 1. The highest BCUT2D eigenvalue weighted by Gasteiger charge is 2.33. The van der Waals surface area contributed by atoms with Crippen LogP contribution in [-0.2, 0) is 4.74 Å². The number of amides is 1. The number of pyridine rings is 1. The van der Waals surface area contributed by atoms with Gasteiger partial charge in [-0.05, 0) is 48.8 Å². The molecule has 1 aromatic rings. The summed E-state index contributed by atoms with van der Waals surface area (Å²) in [6.45, 7) is 5.54. The highest BCUT2D eigenvalue weighted by atomic mass is 79.9. The van der Waals surface area contributed by atoms with Crippen molar-refractivity contribution in [3.8, 4) is 5.75 Å². The number of nitrogens with zero attached hydrogens (tertiary/aromatic N) is 1. The molecule has 0 atom stereocenters. The van der Waals surface area contributed by atoms with Crippen LogP contribution in [0.4, 0.5) is 4.79 Å². The van der Waals surface area contributed by atoms with Crippen molar-refractivity contribution in [3.05, 3.63) is 22.9 Å². The minimum absolute atomic E-state index is 0.123. The first-order valence-electron chi connectivity index (χ1n) is 6.59. The third-order valence-electron chi connectivity index (χ3n) is 2.82. The number of hydrogen-bond donors (Lipinski definition) is 1. The fraction of sp³-hybridized carbons (Fsp3) is 0.571. The Morgan fingerprint density at radius 1 is 1.40 bits per heavy atom. The lowest BCUT2D eigenvalue weighted by Crippen LogP contribution is -2.50. The van der Waals surface area contributed by atoms with Gasteiger partial charge in [-0.15, -0.1) is 0 Å². The van der Waals surface area contributed by atoms with E-state index < -0.39 is 5.60 Å². The molecule has 1 aliphatic carbocycles. The Morgan fingerprint density at radius 3 is 2.65 bits per heavy atom. The van der Waals surface area contributed by atoms with Gasteiger partial charge in [0.15, 0.2) is 0 Å². The van der Waals surface area contributed by atoms with Gasteiger partial charge < -0.3 is 14.8 Å². The van der Waals surface area contributed by atoms with E-state index in [0.717, 1.165) is 23.2 Å². The van der Waals surface area contributed by atoms with Gasteiger partial charge in [-0.25, -0.2) is 9.78 Å². The van der Waals surface area contributed by atoms with Gasteiger partial charge in [-0.1, -0.05) is 0 Å². The van der Waals surface area contributed by atoms with Gasteiger partial charge in [0.05, 0.1) is 6.20 Å². The lowest BCUT2D eigenvalue weighted by atomic mass is 9.89. The summed E-state index contributed by atoms with van der Waals surface area (Å²) in [4.78, 5) is 15.7. The van der Waals surface area contributed by atoms with Crippen LogP contribution in [0.1, 0.15) is 33.6 Å². The monoisotopic (exact) mass is 342 g/mol. The van der Waals surface area contributed by atoms with Crippen LogP contribution in [0.5, 0.6) is 5.75 Å². The third kappa shape index (κ3) is 4.67. The van der Waals surface area contributed by atoms with Gasteiger partial charge in [0.2, 0.25) is 0 Å². The van der Waals surface area contributed by atoms with E-state index in [1.54, 1.807) is 6.20 Å². The van der Waals surface area contributed by atoms with E-state index in [4.69, 9.17) is 9.47 Å². The van der Waals surface area contributed by atoms with Gasteiger partial charge >= 0.3 is 6.09 Å². The van der Waals surface area contributed by atoms with Gasteiger partial charge in [-0.2, -0.15) is 0 Å². The SMILES string of the molecule is CC(C)(C)OC(=O)NC1CC(Oc2ccc(Br)nc2)C1. The summed E-state index contributed by atoms with van der Waals surface area (Å²) >= 11 is 3.28. The molecular formula is C14H19BrN2O3. The summed E-state index contributed by atoms with van der Waals surface area (Å²) in [5.74, 6) is 0.744. The highest BCUT2D eigenvalue weighted by Crippen LogP contribution is 2.26. The van der Waals surface area contributed by atoms with Crippen molar-refractivity contribution in [2.24, 2.45) is 0 Å². The Bertz CT molecular complexity index is 464. The smallest absolute Gasteiger partial charge is 0.407 e. The van der Waals surface area contributed by atoms with E-state index in [0.29, 0.717) is 0 Å². The molecule has 110 valence electrons. The molecule has 1 fully saturated rings. The molecule has 1 amide bonds. The fourth-order valence-corrected chi connectivity index (χ4v) is 2.11. The Labute approximate surface area is 127 Å². The summed E-state index contributed by atoms with van der Waals surface area (Å²) in [5, 5.41) is 2.83. The largest absolute Gasteiger partial charge is 0.489 e. The number of rotatable bonds is 3. The predicted octanol–water partition coefficient (Wildman–Crippen LogP) is 3.28. The van der Waals surface area contributed by atoms with Crippen molar-refractivity contribution in [3.63, 3.8) is 0 Å². The second kappa shape index (κ2) is 5.99. The minimum Gasteiger partial charge on any atom is -0.489 e. The summed E-state index contributed by atoms with van der Waals surface area (Å²) < 4.78 is 11.7. The van der Waals surface area contributed by atoms with E-state index in [2.05, 4.69) is 26.2 Å². The molecule has 1 saturated carbocycles. The predicted molar refractivity (Wildman–Crippen MR) is 78.7 cm³/mol. The van der Waals surface area contributed by atoms with Crippen molar-refractivity contribution >= 4 is 22.0 Å². The molecule has 20 heavy (non-hydrogen) atoms. The molecule has 0 unspecified atom stereocenters. The number of carbonyl (C=O) groups excluding carboxylic acids is 1. The summed E-state index contributed by atoms with van der Waals surface area (Å²) in [5.41, 5.74) is -0.465. The Kier molecular flexibility index (Phi) is 4.52. The second-order valence-corrected chi connectivity index (χ2v) is 6.68. The molecule has 1 aromatic heterocycles. The fourth-order valence-electron chi connectivity index (χ4n) is 1.88. The number of aromatic nitrogens is 1. The molecule has 1 aliphatic rings. The number of halogens is 1. The molecule has 0 spiro atoms. The maximum absolute atomic E-state index is 11.6. The third-order valence-corrected chi connectivity index (χ3v) is 3.29. The molecule has 0 radical (unpaired) electrons. The maximum atomic E-state index is 11.6. The van der Waals surface area contributed by atoms with Crippen LogP contribution in [0.15, 0.2) is 22.9 Å². The summed E-state index contributed by atoms with van der Waals surface area (Å²) in [6, 6.07) is 3.83. The topological polar surface area (TPSA) is 60.5 Å². The van der Waals surface area contributed by atoms with Gasteiger partial charge in [0.25, 0.3) is 0 Å². The standard InChI is InChI=1S/C14H19BrN2O3/c1-14(2,3)20-13(18)17-9-6-11(7-9)19-10-4-5-12(15)16-8-10/h4-5,8-9,11H,6-7H2,1-3H3,(H,17,18). The molecule has 6 heteroatoms. The van der Waals surface area contributed by atoms with E-state index in [1.165, 1.54) is 0 Å². The van der Waals surface area contributed by atoms with E-state index >= 15 is 0 Å². The maximum Gasteiger partial charge on any atom is 0.407 e. The van der Waals surface area contributed by atoms with Crippen LogP contribution in [0.3, 0.4) is 0 Å². The molecule has 0 bridgehead atoms. The zero-order valence-corrected chi connectivity index (χ0v) is 13.4. The molecule has 0 saturated heterocycles.